The molecule has 0 radical (unpaired) electrons. The van der Waals surface area contributed by atoms with Crippen molar-refractivity contribution < 1.29 is 15.0 Å². The summed E-state index contributed by atoms with van der Waals surface area (Å²) in [7, 11) is 0. The van der Waals surface area contributed by atoms with Gasteiger partial charge in [-0.25, -0.2) is 4.98 Å². The average molecular weight is 429 g/mol. The quantitative estimate of drug-likeness (QED) is 0.618. The maximum atomic E-state index is 11.8. The number of fused-ring (bicyclic) bond motifs is 1. The van der Waals surface area contributed by atoms with Gasteiger partial charge in [0.2, 0.25) is 0 Å². The van der Waals surface area contributed by atoms with E-state index in [0.29, 0.717) is 18.5 Å². The molecule has 2 atom stereocenters. The predicted molar refractivity (Wildman–Crippen MR) is 107 cm³/mol. The number of carboxylic acid groups (broad SMARTS) is 1. The summed E-state index contributed by atoms with van der Waals surface area (Å²) in [4.78, 5) is 16.6. The maximum absolute atomic E-state index is 11.8. The topological polar surface area (TPSA) is 75.3 Å². The van der Waals surface area contributed by atoms with Gasteiger partial charge in [-0.2, -0.15) is 0 Å². The van der Waals surface area contributed by atoms with Gasteiger partial charge >= 0.3 is 5.97 Å². The van der Waals surface area contributed by atoms with Crippen LogP contribution in [0.1, 0.15) is 43.0 Å². The Morgan fingerprint density at radius 2 is 1.89 bits per heavy atom. The molecule has 1 heterocycles. The van der Waals surface area contributed by atoms with Gasteiger partial charge < -0.3 is 14.8 Å². The van der Waals surface area contributed by atoms with E-state index in [-0.39, 0.29) is 11.7 Å². The van der Waals surface area contributed by atoms with Gasteiger partial charge in [-0.1, -0.05) is 40.9 Å². The number of phenolic OH excluding ortho intramolecular Hbond substituents is 1. The zero-order valence-corrected chi connectivity index (χ0v) is 16.4. The first-order valence-corrected chi connectivity index (χ1v) is 9.98. The average Bonchev–Trinajstić information content (AvgIpc) is 3.01. The molecule has 0 amide bonds. The second-order valence-corrected chi connectivity index (χ2v) is 8.11. The number of phenols is 1. The van der Waals surface area contributed by atoms with E-state index in [2.05, 4.69) is 32.6 Å². The Morgan fingerprint density at radius 1 is 1.15 bits per heavy atom. The van der Waals surface area contributed by atoms with Crippen molar-refractivity contribution in [1.82, 2.24) is 9.55 Å². The minimum atomic E-state index is -0.746. The van der Waals surface area contributed by atoms with Crippen LogP contribution in [-0.4, -0.2) is 25.7 Å². The Hall–Kier alpha value is -2.34. The highest BCUT2D eigenvalue weighted by atomic mass is 79.9. The third-order valence-electron chi connectivity index (χ3n) is 5.43. The number of aliphatic carboxylic acids is 1. The third-order valence-corrected chi connectivity index (χ3v) is 5.96. The molecule has 1 fully saturated rings. The van der Waals surface area contributed by atoms with Crippen LogP contribution in [0.5, 0.6) is 5.75 Å². The molecule has 2 N–H and O–H groups in total. The van der Waals surface area contributed by atoms with Crippen LogP contribution < -0.4 is 0 Å². The molecular weight excluding hydrogens is 408 g/mol. The SMILES string of the molecule is O=C(O)[C@H]1CCCC[C@H]1c1nc2cc(O)ccc2n1Cc1ccc(Br)cc1. The normalized spacial score (nSPS) is 20.0. The predicted octanol–water partition coefficient (Wildman–Crippen LogP) is 4.91. The molecule has 0 spiro atoms. The molecule has 1 aromatic heterocycles. The van der Waals surface area contributed by atoms with Crippen LogP contribution in [0.25, 0.3) is 11.0 Å². The van der Waals surface area contributed by atoms with Crippen LogP contribution in [0.4, 0.5) is 0 Å². The van der Waals surface area contributed by atoms with E-state index in [1.807, 2.05) is 18.2 Å². The van der Waals surface area contributed by atoms with Gasteiger partial charge in [0.1, 0.15) is 11.6 Å². The number of rotatable bonds is 4. The van der Waals surface area contributed by atoms with Crippen LogP contribution in [0.2, 0.25) is 0 Å². The molecule has 1 aliphatic carbocycles. The van der Waals surface area contributed by atoms with E-state index in [0.717, 1.165) is 40.6 Å². The first kappa shape index (κ1) is 18.0. The molecule has 140 valence electrons. The lowest BCUT2D eigenvalue weighted by molar-refractivity contribution is -0.143. The Kier molecular flexibility index (Phi) is 4.91. The highest BCUT2D eigenvalue weighted by molar-refractivity contribution is 9.10. The van der Waals surface area contributed by atoms with Gasteiger partial charge in [-0.05, 0) is 42.7 Å². The van der Waals surface area contributed by atoms with Crippen LogP contribution in [-0.2, 0) is 11.3 Å². The fraction of sp³-hybridized carbons (Fsp3) is 0.333. The summed E-state index contributed by atoms with van der Waals surface area (Å²) in [5.41, 5.74) is 2.74. The van der Waals surface area contributed by atoms with Gasteiger partial charge in [-0.3, -0.25) is 4.79 Å². The smallest absolute Gasteiger partial charge is 0.307 e. The van der Waals surface area contributed by atoms with Crippen LogP contribution in [0.3, 0.4) is 0 Å². The molecule has 0 aliphatic heterocycles. The fourth-order valence-electron chi connectivity index (χ4n) is 4.09. The Labute approximate surface area is 165 Å². The number of nitrogens with zero attached hydrogens (tertiary/aromatic N) is 2. The molecule has 6 heteroatoms. The molecule has 27 heavy (non-hydrogen) atoms. The monoisotopic (exact) mass is 428 g/mol. The van der Waals surface area contributed by atoms with E-state index in [1.54, 1.807) is 12.1 Å². The minimum absolute atomic E-state index is 0.110. The second-order valence-electron chi connectivity index (χ2n) is 7.19. The van der Waals surface area contributed by atoms with Gasteiger partial charge in [0.15, 0.2) is 0 Å². The summed E-state index contributed by atoms with van der Waals surface area (Å²) < 4.78 is 3.13. The first-order chi connectivity index (χ1) is 13.0. The van der Waals surface area contributed by atoms with Crippen molar-refractivity contribution in [3.8, 4) is 5.75 Å². The van der Waals surface area contributed by atoms with Gasteiger partial charge in [-0.15, -0.1) is 0 Å². The number of hydrogen-bond donors (Lipinski definition) is 2. The van der Waals surface area contributed by atoms with Crippen molar-refractivity contribution in [2.75, 3.05) is 0 Å². The maximum Gasteiger partial charge on any atom is 0.307 e. The zero-order valence-electron chi connectivity index (χ0n) is 14.8. The number of halogens is 1. The summed E-state index contributed by atoms with van der Waals surface area (Å²) in [5, 5.41) is 19.6. The van der Waals surface area contributed by atoms with Crippen LogP contribution in [0, 0.1) is 5.92 Å². The summed E-state index contributed by atoms with van der Waals surface area (Å²) in [6, 6.07) is 13.3. The number of aromatic nitrogens is 2. The Morgan fingerprint density at radius 3 is 2.63 bits per heavy atom. The van der Waals surface area contributed by atoms with Crippen molar-refractivity contribution in [3.05, 3.63) is 58.3 Å². The Balaban J connectivity index is 1.83. The van der Waals surface area contributed by atoms with Gasteiger partial charge in [0.05, 0.1) is 17.0 Å². The third kappa shape index (κ3) is 3.58. The summed E-state index contributed by atoms with van der Waals surface area (Å²) in [5.74, 6) is -0.287. The first-order valence-electron chi connectivity index (χ1n) is 9.19. The lowest BCUT2D eigenvalue weighted by Gasteiger charge is -2.28. The van der Waals surface area contributed by atoms with Crippen molar-refractivity contribution in [3.63, 3.8) is 0 Å². The number of imidazole rings is 1. The molecule has 1 saturated carbocycles. The summed E-state index contributed by atoms with van der Waals surface area (Å²) >= 11 is 3.46. The molecule has 0 unspecified atom stereocenters. The molecule has 2 aromatic carbocycles. The van der Waals surface area contributed by atoms with E-state index in [9.17, 15) is 15.0 Å². The van der Waals surface area contributed by atoms with Gasteiger partial charge in [0, 0.05) is 23.0 Å². The van der Waals surface area contributed by atoms with Gasteiger partial charge in [0.25, 0.3) is 0 Å². The number of benzene rings is 2. The molecule has 5 nitrogen and oxygen atoms in total. The van der Waals surface area contributed by atoms with Crippen molar-refractivity contribution >= 4 is 32.9 Å². The van der Waals surface area contributed by atoms with E-state index >= 15 is 0 Å². The Bertz CT molecular complexity index is 981. The lowest BCUT2D eigenvalue weighted by Crippen LogP contribution is -2.27. The highest BCUT2D eigenvalue weighted by Gasteiger charge is 2.35. The number of aromatic hydroxyl groups is 1. The summed E-state index contributed by atoms with van der Waals surface area (Å²) in [6.45, 7) is 0.618. The molecule has 3 aromatic rings. The lowest BCUT2D eigenvalue weighted by atomic mass is 9.78. The molecule has 0 saturated heterocycles. The van der Waals surface area contributed by atoms with Crippen molar-refractivity contribution in [2.45, 2.75) is 38.1 Å². The fourth-order valence-corrected chi connectivity index (χ4v) is 4.36. The molecular formula is C21H21BrN2O3. The van der Waals surface area contributed by atoms with Crippen LogP contribution >= 0.6 is 15.9 Å². The summed E-state index contributed by atoms with van der Waals surface area (Å²) in [6.07, 6.45) is 3.47. The number of carboxylic acids is 1. The largest absolute Gasteiger partial charge is 0.508 e. The molecule has 4 rings (SSSR count). The van der Waals surface area contributed by atoms with E-state index in [1.165, 1.54) is 0 Å². The molecule has 0 bridgehead atoms. The van der Waals surface area contributed by atoms with E-state index in [4.69, 9.17) is 4.98 Å². The zero-order chi connectivity index (χ0) is 19.0. The van der Waals surface area contributed by atoms with Crippen molar-refractivity contribution in [1.29, 1.82) is 0 Å². The minimum Gasteiger partial charge on any atom is -0.508 e. The number of hydrogen-bond acceptors (Lipinski definition) is 3. The second kappa shape index (κ2) is 7.35. The van der Waals surface area contributed by atoms with Crippen LogP contribution in [0.15, 0.2) is 46.9 Å². The van der Waals surface area contributed by atoms with E-state index < -0.39 is 11.9 Å². The van der Waals surface area contributed by atoms with Crippen molar-refractivity contribution in [2.24, 2.45) is 5.92 Å². The standard InChI is InChI=1S/C21H21BrN2O3/c22-14-7-5-13(6-8-14)12-24-19-10-9-15(25)11-18(19)23-20(24)16-3-1-2-4-17(16)21(26)27/h5-11,16-17,25H,1-4,12H2,(H,26,27)/t16-,17+/m1/s1. The molecule has 1 aliphatic rings. The highest BCUT2D eigenvalue weighted by Crippen LogP contribution is 2.39. The number of carbonyl (C=O) groups is 1.